The van der Waals surface area contributed by atoms with Crippen molar-refractivity contribution in [3.05, 3.63) is 49.1 Å². The third kappa shape index (κ3) is 2.65. The number of benzene rings is 1. The molecule has 4 nitrogen and oxygen atoms in total. The number of H-pyrrole nitrogens is 1. The van der Waals surface area contributed by atoms with Crippen LogP contribution in [0.1, 0.15) is 0 Å². The van der Waals surface area contributed by atoms with Gasteiger partial charge in [-0.25, -0.2) is 9.97 Å². The molecule has 8 heteroatoms. The minimum Gasteiger partial charge on any atom is -0.346 e. The molecule has 0 radical (unpaired) electrons. The maximum atomic E-state index is 4.54. The third-order valence-corrected chi connectivity index (χ3v) is 8.11. The van der Waals surface area contributed by atoms with Gasteiger partial charge in [-0.1, -0.05) is 18.2 Å². The fraction of sp³-hybridized carbons (Fsp3) is 0. The number of halogens is 2. The first kappa shape index (κ1) is 15.2. The smallest absolute Gasteiger partial charge is 0.141 e. The summed E-state index contributed by atoms with van der Waals surface area (Å²) < 4.78 is 2.11. The molecule has 0 atom stereocenters. The van der Waals surface area contributed by atoms with Crippen molar-refractivity contribution in [2.75, 3.05) is 0 Å². The lowest BCUT2D eigenvalue weighted by Crippen LogP contribution is -1.86. The van der Waals surface area contributed by atoms with E-state index in [-0.39, 0.29) is 2.41 Å². The second-order valence-electron chi connectivity index (χ2n) is 4.63. The van der Waals surface area contributed by atoms with Gasteiger partial charge in [0.25, 0.3) is 0 Å². The van der Waals surface area contributed by atoms with Gasteiger partial charge in [-0.15, -0.1) is 0 Å². The average Bonchev–Trinajstić information content (AvgIpc) is 3.12. The van der Waals surface area contributed by atoms with Crippen LogP contribution in [0.25, 0.3) is 33.2 Å². The number of hydrogen-bond acceptors (Lipinski definition) is 3. The highest BCUT2D eigenvalue weighted by Gasteiger charge is 2.15. The maximum absolute atomic E-state index is 4.54. The number of hydrogen-bond donors (Lipinski definition) is 1. The van der Waals surface area contributed by atoms with E-state index in [1.807, 2.05) is 23.8 Å². The normalized spacial score (nSPS) is 11.8. The van der Waals surface area contributed by atoms with Gasteiger partial charge in [0, 0.05) is 40.3 Å². The van der Waals surface area contributed by atoms with Gasteiger partial charge in [-0.2, -0.15) is 0 Å². The SMILES string of the molecule is IP(I)Sn1cc(-c2ncnc3[nH]ccc23)c2ccccc21. The molecule has 0 spiro atoms. The lowest BCUT2D eigenvalue weighted by atomic mass is 10.1. The molecule has 4 aromatic rings. The Bertz CT molecular complexity index is 966. The Balaban J connectivity index is 2.01. The number of aromatic amines is 1. The second kappa shape index (κ2) is 6.26. The Hall–Kier alpha value is -0.380. The predicted molar refractivity (Wildman–Crippen MR) is 113 cm³/mol. The molecule has 22 heavy (non-hydrogen) atoms. The van der Waals surface area contributed by atoms with Crippen molar-refractivity contribution in [1.82, 2.24) is 18.9 Å². The molecule has 0 aliphatic carbocycles. The Labute approximate surface area is 158 Å². The number of nitrogens with one attached hydrogen (secondary N) is 1. The lowest BCUT2D eigenvalue weighted by Gasteiger charge is -2.03. The van der Waals surface area contributed by atoms with Crippen molar-refractivity contribution in [2.24, 2.45) is 0 Å². The van der Waals surface area contributed by atoms with Crippen LogP contribution in [-0.2, 0) is 0 Å². The first-order valence-electron chi connectivity index (χ1n) is 6.43. The molecule has 0 aliphatic rings. The minimum atomic E-state index is -0.150. The molecule has 3 heterocycles. The quantitative estimate of drug-likeness (QED) is 0.245. The Morgan fingerprint density at radius 1 is 1.09 bits per heavy atom. The summed E-state index contributed by atoms with van der Waals surface area (Å²) in [6.07, 6.45) is 5.72. The second-order valence-corrected chi connectivity index (χ2v) is 22.4. The van der Waals surface area contributed by atoms with Crippen LogP contribution in [0, 0.1) is 0 Å². The fourth-order valence-corrected chi connectivity index (χ4v) is 7.31. The summed E-state index contributed by atoms with van der Waals surface area (Å²) in [6, 6.07) is 10.5. The van der Waals surface area contributed by atoms with Crippen LogP contribution in [0.4, 0.5) is 0 Å². The van der Waals surface area contributed by atoms with Crippen molar-refractivity contribution in [3.8, 4) is 11.3 Å². The number of nitrogens with zero attached hydrogens (tertiary/aromatic N) is 3. The van der Waals surface area contributed by atoms with E-state index in [0.29, 0.717) is 0 Å². The summed E-state index contributed by atoms with van der Waals surface area (Å²) in [4.78, 5) is 12.0. The first-order chi connectivity index (χ1) is 10.7. The summed E-state index contributed by atoms with van der Waals surface area (Å²) in [6.45, 7) is 0. The number of para-hydroxylation sites is 1. The zero-order chi connectivity index (χ0) is 15.1. The monoisotopic (exact) mass is 550 g/mol. The molecule has 0 saturated carbocycles. The average molecular weight is 550 g/mol. The van der Waals surface area contributed by atoms with Gasteiger partial charge in [0.2, 0.25) is 0 Å². The molecule has 0 bridgehead atoms. The van der Waals surface area contributed by atoms with Gasteiger partial charge in [0.1, 0.15) is 14.4 Å². The van der Waals surface area contributed by atoms with E-state index >= 15 is 0 Å². The van der Waals surface area contributed by atoms with E-state index in [4.69, 9.17) is 0 Å². The van der Waals surface area contributed by atoms with Crippen molar-refractivity contribution in [2.45, 2.75) is 0 Å². The zero-order valence-corrected chi connectivity index (χ0v) is 17.1. The first-order valence-corrected chi connectivity index (χ1v) is 14.7. The number of fused-ring (bicyclic) bond motifs is 2. The molecule has 110 valence electrons. The Morgan fingerprint density at radius 2 is 1.95 bits per heavy atom. The summed E-state index contributed by atoms with van der Waals surface area (Å²) in [5, 5.41) is 2.28. The van der Waals surface area contributed by atoms with Crippen LogP contribution in [0.5, 0.6) is 0 Å². The van der Waals surface area contributed by atoms with Gasteiger partial charge in [-0.3, -0.25) is 3.97 Å². The highest BCUT2D eigenvalue weighted by atomic mass is 127. The van der Waals surface area contributed by atoms with Crippen LogP contribution in [-0.4, -0.2) is 18.9 Å². The molecule has 3 aromatic heterocycles. The molecule has 0 aliphatic heterocycles. The molecule has 1 aromatic carbocycles. The Morgan fingerprint density at radius 3 is 2.82 bits per heavy atom. The summed E-state index contributed by atoms with van der Waals surface area (Å²) >= 11 is 6.81. The predicted octanol–water partition coefficient (Wildman–Crippen LogP) is 6.17. The molecule has 0 amide bonds. The van der Waals surface area contributed by atoms with E-state index in [1.54, 1.807) is 6.33 Å². The van der Waals surface area contributed by atoms with E-state index in [9.17, 15) is 0 Å². The van der Waals surface area contributed by atoms with Gasteiger partial charge in [-0.05, 0) is 56.2 Å². The maximum Gasteiger partial charge on any atom is 0.141 e. The largest absolute Gasteiger partial charge is 0.346 e. The van der Waals surface area contributed by atoms with E-state index in [0.717, 1.165) is 22.3 Å². The van der Waals surface area contributed by atoms with Gasteiger partial charge in [0.05, 0.1) is 11.2 Å². The minimum absolute atomic E-state index is 0.150. The fourth-order valence-electron chi connectivity index (χ4n) is 2.56. The number of aromatic nitrogens is 4. The molecular weight excluding hydrogens is 541 g/mol. The van der Waals surface area contributed by atoms with Crippen molar-refractivity contribution in [1.29, 1.82) is 0 Å². The Kier molecular flexibility index (Phi) is 4.31. The van der Waals surface area contributed by atoms with Gasteiger partial charge in [0.15, 0.2) is 0 Å². The number of rotatable bonds is 3. The summed E-state index contributed by atoms with van der Waals surface area (Å²) in [5.74, 6) is 0. The molecule has 0 saturated heterocycles. The molecular formula is C14H9I2N4PS. The van der Waals surface area contributed by atoms with Crippen molar-refractivity contribution in [3.63, 3.8) is 0 Å². The van der Waals surface area contributed by atoms with Crippen LogP contribution in [0.15, 0.2) is 49.1 Å². The van der Waals surface area contributed by atoms with E-state index < -0.39 is 0 Å². The van der Waals surface area contributed by atoms with Crippen LogP contribution < -0.4 is 0 Å². The third-order valence-electron chi connectivity index (χ3n) is 3.44. The van der Waals surface area contributed by atoms with Crippen molar-refractivity contribution < 1.29 is 0 Å². The van der Waals surface area contributed by atoms with Crippen molar-refractivity contribution >= 4 is 80.0 Å². The lowest BCUT2D eigenvalue weighted by molar-refractivity contribution is 1.20. The summed E-state index contributed by atoms with van der Waals surface area (Å²) in [5.41, 5.74) is 4.23. The van der Waals surface area contributed by atoms with Crippen LogP contribution in [0.3, 0.4) is 0 Å². The standard InChI is InChI=1S/C14H9I2N4PS/c15-21(16)22-20-7-11(9-3-1-2-4-12(9)20)13-10-5-6-17-14(10)19-8-18-13/h1-8H,(H,17,18,19). The van der Waals surface area contributed by atoms with Crippen LogP contribution in [0.2, 0.25) is 0 Å². The molecule has 0 fully saturated rings. The molecule has 4 rings (SSSR count). The summed E-state index contributed by atoms with van der Waals surface area (Å²) in [7, 11) is 0. The highest BCUT2D eigenvalue weighted by Crippen LogP contribution is 2.65. The topological polar surface area (TPSA) is 46.5 Å². The van der Waals surface area contributed by atoms with Gasteiger partial charge >= 0.3 is 0 Å². The van der Waals surface area contributed by atoms with E-state index in [1.165, 1.54) is 10.9 Å². The van der Waals surface area contributed by atoms with Gasteiger partial charge < -0.3 is 4.98 Å². The molecule has 0 unspecified atom stereocenters. The molecule has 1 N–H and O–H groups in total. The van der Waals surface area contributed by atoms with E-state index in [2.05, 4.69) is 93.5 Å². The highest BCUT2D eigenvalue weighted by molar-refractivity contribution is 14.3. The zero-order valence-electron chi connectivity index (χ0n) is 11.1. The van der Waals surface area contributed by atoms with Crippen LogP contribution >= 0.6 is 58.1 Å².